The van der Waals surface area contributed by atoms with Gasteiger partial charge < -0.3 is 16.0 Å². The van der Waals surface area contributed by atoms with E-state index in [0.29, 0.717) is 12.8 Å². The van der Waals surface area contributed by atoms with E-state index >= 15 is 0 Å². The molecule has 0 aliphatic carbocycles. The minimum Gasteiger partial charge on any atom is -0.357 e. The van der Waals surface area contributed by atoms with Crippen LogP contribution in [-0.4, -0.2) is 47.9 Å². The molecule has 8 heteroatoms. The third-order valence-corrected chi connectivity index (χ3v) is 5.05. The van der Waals surface area contributed by atoms with Gasteiger partial charge in [-0.2, -0.15) is 25.3 Å². The molecule has 2 unspecified atom stereocenters. The summed E-state index contributed by atoms with van der Waals surface area (Å²) in [6, 6.07) is 7.97. The van der Waals surface area contributed by atoms with Gasteiger partial charge in [0.25, 0.3) is 0 Å². The predicted octanol–water partition coefficient (Wildman–Crippen LogP) is 1.22. The fourth-order valence-corrected chi connectivity index (χ4v) is 2.80. The zero-order valence-electron chi connectivity index (χ0n) is 15.9. The molecule has 3 amide bonds. The van der Waals surface area contributed by atoms with Gasteiger partial charge in [-0.3, -0.25) is 14.4 Å². The molecular formula is C19H29N3O3S2. The summed E-state index contributed by atoms with van der Waals surface area (Å²) in [7, 11) is 1.53. The first kappa shape index (κ1) is 23.4. The summed E-state index contributed by atoms with van der Waals surface area (Å²) in [6.45, 7) is 3.92. The molecule has 0 aromatic heterocycles. The zero-order chi connectivity index (χ0) is 20.4. The van der Waals surface area contributed by atoms with Gasteiger partial charge in [0.1, 0.15) is 12.1 Å². The van der Waals surface area contributed by atoms with Gasteiger partial charge in [-0.1, -0.05) is 44.2 Å². The molecule has 0 aliphatic heterocycles. The molecular weight excluding hydrogens is 382 g/mol. The maximum Gasteiger partial charge on any atom is 0.243 e. The molecule has 1 aromatic rings. The van der Waals surface area contributed by atoms with Crippen molar-refractivity contribution in [3.8, 4) is 0 Å². The molecule has 27 heavy (non-hydrogen) atoms. The number of carbonyl (C=O) groups is 3. The van der Waals surface area contributed by atoms with Crippen LogP contribution < -0.4 is 16.0 Å². The van der Waals surface area contributed by atoms with Crippen molar-refractivity contribution in [2.24, 2.45) is 5.92 Å². The number of rotatable bonds is 10. The lowest BCUT2D eigenvalue weighted by atomic mass is 10.0. The highest BCUT2D eigenvalue weighted by molar-refractivity contribution is 7.85. The largest absolute Gasteiger partial charge is 0.357 e. The number of amides is 3. The highest BCUT2D eigenvalue weighted by Crippen LogP contribution is 2.09. The summed E-state index contributed by atoms with van der Waals surface area (Å²) in [5.41, 5.74) is 0.932. The predicted molar refractivity (Wildman–Crippen MR) is 114 cm³/mol. The van der Waals surface area contributed by atoms with Crippen molar-refractivity contribution in [3.05, 3.63) is 35.9 Å². The first-order chi connectivity index (χ1) is 12.8. The molecule has 0 radical (unpaired) electrons. The Morgan fingerprint density at radius 3 is 2.07 bits per heavy atom. The third kappa shape index (κ3) is 8.26. The monoisotopic (exact) mass is 411 g/mol. The Morgan fingerprint density at radius 2 is 1.56 bits per heavy atom. The quantitative estimate of drug-likeness (QED) is 0.375. The SMILES string of the molecule is CNC(=O)[C@H](Cc1ccccc1)NC(=O)C(CC(C)C)NC(=O)C(S)CS. The van der Waals surface area contributed by atoms with E-state index in [-0.39, 0.29) is 29.4 Å². The van der Waals surface area contributed by atoms with Crippen LogP contribution in [0.25, 0.3) is 0 Å². The second-order valence-corrected chi connectivity index (χ2v) is 7.74. The maximum atomic E-state index is 12.8. The van der Waals surface area contributed by atoms with Gasteiger partial charge in [0.2, 0.25) is 17.7 Å². The van der Waals surface area contributed by atoms with Crippen LogP contribution in [0.1, 0.15) is 25.8 Å². The number of thiol groups is 2. The number of benzene rings is 1. The van der Waals surface area contributed by atoms with Crippen LogP contribution in [0.5, 0.6) is 0 Å². The Labute approximate surface area is 172 Å². The lowest BCUT2D eigenvalue weighted by Gasteiger charge is -2.24. The number of nitrogens with one attached hydrogen (secondary N) is 3. The summed E-state index contributed by atoms with van der Waals surface area (Å²) in [5.74, 6) is -0.581. The first-order valence-electron chi connectivity index (χ1n) is 8.93. The molecule has 0 saturated carbocycles. The van der Waals surface area contributed by atoms with Crippen molar-refractivity contribution in [1.82, 2.24) is 16.0 Å². The molecule has 1 aromatic carbocycles. The number of likely N-dealkylation sites (N-methyl/N-ethyl adjacent to an activating group) is 1. The Morgan fingerprint density at radius 1 is 0.963 bits per heavy atom. The highest BCUT2D eigenvalue weighted by atomic mass is 32.1. The second-order valence-electron chi connectivity index (χ2n) is 6.75. The topological polar surface area (TPSA) is 87.3 Å². The fourth-order valence-electron chi connectivity index (χ4n) is 2.56. The molecule has 0 fully saturated rings. The third-order valence-electron chi connectivity index (χ3n) is 3.98. The molecule has 3 atom stereocenters. The van der Waals surface area contributed by atoms with E-state index in [1.807, 2.05) is 44.2 Å². The Bertz CT molecular complexity index is 626. The van der Waals surface area contributed by atoms with Crippen LogP contribution in [0.3, 0.4) is 0 Å². The summed E-state index contributed by atoms with van der Waals surface area (Å²) in [4.78, 5) is 37.2. The normalized spacial score (nSPS) is 14.1. The van der Waals surface area contributed by atoms with E-state index in [1.165, 1.54) is 7.05 Å². The maximum absolute atomic E-state index is 12.8. The Kier molecular flexibility index (Phi) is 10.3. The van der Waals surface area contributed by atoms with Gasteiger partial charge in [0, 0.05) is 19.2 Å². The lowest BCUT2D eigenvalue weighted by molar-refractivity contribution is -0.132. The average Bonchev–Trinajstić information content (AvgIpc) is 2.65. The standard InChI is InChI=1S/C19H29N3O3S2/c1-12(2)9-14(22-19(25)16(27)11-26)18(24)21-15(17(23)20-3)10-13-7-5-4-6-8-13/h4-8,12,14-16,26-27H,9-11H2,1-3H3,(H,20,23)(H,21,24)(H,22,25)/t14?,15-,16?/m0/s1. The Hall–Kier alpha value is -1.67. The van der Waals surface area contributed by atoms with Crippen molar-refractivity contribution in [3.63, 3.8) is 0 Å². The van der Waals surface area contributed by atoms with Gasteiger partial charge in [0.15, 0.2) is 0 Å². The summed E-state index contributed by atoms with van der Waals surface area (Å²) in [6.07, 6.45) is 0.816. The van der Waals surface area contributed by atoms with Crippen LogP contribution >= 0.6 is 25.3 Å². The van der Waals surface area contributed by atoms with Gasteiger partial charge in [-0.25, -0.2) is 0 Å². The van der Waals surface area contributed by atoms with Crippen LogP contribution in [0.15, 0.2) is 30.3 Å². The van der Waals surface area contributed by atoms with Crippen molar-refractivity contribution in [2.75, 3.05) is 12.8 Å². The van der Waals surface area contributed by atoms with E-state index in [9.17, 15) is 14.4 Å². The van der Waals surface area contributed by atoms with Crippen molar-refractivity contribution < 1.29 is 14.4 Å². The zero-order valence-corrected chi connectivity index (χ0v) is 17.7. The van der Waals surface area contributed by atoms with Crippen molar-refractivity contribution in [1.29, 1.82) is 0 Å². The summed E-state index contributed by atoms with van der Waals surface area (Å²) in [5, 5.41) is 7.46. The molecule has 0 aliphatic rings. The van der Waals surface area contributed by atoms with Gasteiger partial charge in [0.05, 0.1) is 5.25 Å². The van der Waals surface area contributed by atoms with E-state index in [4.69, 9.17) is 0 Å². The number of hydrogen-bond donors (Lipinski definition) is 5. The van der Waals surface area contributed by atoms with Gasteiger partial charge in [-0.05, 0) is 17.9 Å². The summed E-state index contributed by atoms with van der Waals surface area (Å²) >= 11 is 8.22. The molecule has 0 heterocycles. The molecule has 150 valence electrons. The molecule has 6 nitrogen and oxygen atoms in total. The van der Waals surface area contributed by atoms with E-state index in [0.717, 1.165) is 5.56 Å². The number of carbonyl (C=O) groups excluding carboxylic acids is 3. The van der Waals surface area contributed by atoms with Gasteiger partial charge >= 0.3 is 0 Å². The fraction of sp³-hybridized carbons (Fsp3) is 0.526. The van der Waals surface area contributed by atoms with E-state index in [2.05, 4.69) is 41.2 Å². The molecule has 1 rings (SSSR count). The van der Waals surface area contributed by atoms with E-state index < -0.39 is 17.3 Å². The van der Waals surface area contributed by atoms with Gasteiger partial charge in [-0.15, -0.1) is 0 Å². The van der Waals surface area contributed by atoms with Crippen molar-refractivity contribution in [2.45, 2.75) is 44.0 Å². The summed E-state index contributed by atoms with van der Waals surface area (Å²) < 4.78 is 0. The Balaban J connectivity index is 2.89. The smallest absolute Gasteiger partial charge is 0.243 e. The minimum absolute atomic E-state index is 0.183. The van der Waals surface area contributed by atoms with Crippen molar-refractivity contribution >= 4 is 43.0 Å². The molecule has 0 saturated heterocycles. The number of hydrogen-bond acceptors (Lipinski definition) is 5. The van der Waals surface area contributed by atoms with Crippen LogP contribution in [0.4, 0.5) is 0 Å². The lowest BCUT2D eigenvalue weighted by Crippen LogP contribution is -2.55. The average molecular weight is 412 g/mol. The van der Waals surface area contributed by atoms with Crippen LogP contribution in [-0.2, 0) is 20.8 Å². The van der Waals surface area contributed by atoms with Crippen LogP contribution in [0.2, 0.25) is 0 Å². The molecule has 0 bridgehead atoms. The van der Waals surface area contributed by atoms with E-state index in [1.54, 1.807) is 0 Å². The van der Waals surface area contributed by atoms with Crippen LogP contribution in [0, 0.1) is 5.92 Å². The molecule has 0 spiro atoms. The minimum atomic E-state index is -0.741. The second kappa shape index (κ2) is 11.9. The highest BCUT2D eigenvalue weighted by Gasteiger charge is 2.28. The molecule has 3 N–H and O–H groups in total. The first-order valence-corrected chi connectivity index (χ1v) is 10.1.